The lowest BCUT2D eigenvalue weighted by Crippen LogP contribution is -2.20. The minimum atomic E-state index is 0.259. The second-order valence-electron chi connectivity index (χ2n) is 3.19. The van der Waals surface area contributed by atoms with Gasteiger partial charge in [-0.05, 0) is 32.0 Å². The van der Waals surface area contributed by atoms with Gasteiger partial charge in [0.15, 0.2) is 0 Å². The molecule has 1 N–H and O–H groups in total. The van der Waals surface area contributed by atoms with Gasteiger partial charge in [-0.2, -0.15) is 5.26 Å². The van der Waals surface area contributed by atoms with E-state index in [1.807, 2.05) is 18.2 Å². The van der Waals surface area contributed by atoms with E-state index in [2.05, 4.69) is 23.3 Å². The van der Waals surface area contributed by atoms with Crippen molar-refractivity contribution in [3.8, 4) is 6.07 Å². The predicted molar refractivity (Wildman–Crippen MR) is 55.5 cm³/mol. The summed E-state index contributed by atoms with van der Waals surface area (Å²) in [6.07, 6.45) is 3.30. The van der Waals surface area contributed by atoms with Gasteiger partial charge >= 0.3 is 0 Å². The molecule has 0 radical (unpaired) electrons. The van der Waals surface area contributed by atoms with Gasteiger partial charge in [0.2, 0.25) is 0 Å². The van der Waals surface area contributed by atoms with Crippen LogP contribution in [-0.2, 0) is 0 Å². The van der Waals surface area contributed by atoms with Crippen LogP contribution in [-0.4, -0.2) is 11.5 Å². The van der Waals surface area contributed by atoms with Crippen molar-refractivity contribution in [2.75, 3.05) is 6.54 Å². The first-order chi connectivity index (χ1) is 6.84. The zero-order chi connectivity index (χ0) is 10.2. The van der Waals surface area contributed by atoms with Gasteiger partial charge in [0.25, 0.3) is 0 Å². The van der Waals surface area contributed by atoms with Crippen LogP contribution in [0.15, 0.2) is 24.4 Å². The molecular weight excluding hydrogens is 174 g/mol. The highest BCUT2D eigenvalue weighted by Crippen LogP contribution is 2.07. The van der Waals surface area contributed by atoms with Crippen LogP contribution in [0.3, 0.4) is 0 Å². The summed E-state index contributed by atoms with van der Waals surface area (Å²) in [6.45, 7) is 2.94. The Hall–Kier alpha value is -1.40. The summed E-state index contributed by atoms with van der Waals surface area (Å²) in [7, 11) is 0. The molecule has 1 heterocycles. The van der Waals surface area contributed by atoms with E-state index < -0.39 is 0 Å². The van der Waals surface area contributed by atoms with Crippen molar-refractivity contribution in [2.24, 2.45) is 0 Å². The van der Waals surface area contributed by atoms with Gasteiger partial charge in [-0.25, -0.2) is 0 Å². The van der Waals surface area contributed by atoms with Crippen LogP contribution in [0.25, 0.3) is 0 Å². The molecule has 1 aromatic heterocycles. The van der Waals surface area contributed by atoms with Crippen LogP contribution < -0.4 is 5.32 Å². The molecule has 0 aromatic carbocycles. The molecule has 3 nitrogen and oxygen atoms in total. The van der Waals surface area contributed by atoms with Gasteiger partial charge in [-0.3, -0.25) is 4.98 Å². The number of aromatic nitrogens is 1. The fourth-order valence-electron chi connectivity index (χ4n) is 1.22. The molecule has 0 aliphatic carbocycles. The van der Waals surface area contributed by atoms with E-state index in [0.717, 1.165) is 18.7 Å². The summed E-state index contributed by atoms with van der Waals surface area (Å²) >= 11 is 0. The summed E-state index contributed by atoms with van der Waals surface area (Å²) < 4.78 is 0. The minimum absolute atomic E-state index is 0.259. The second kappa shape index (κ2) is 6.11. The average Bonchev–Trinajstić information content (AvgIpc) is 2.25. The molecular formula is C11H15N3. The topological polar surface area (TPSA) is 48.7 Å². The van der Waals surface area contributed by atoms with Crippen LogP contribution in [0.4, 0.5) is 0 Å². The van der Waals surface area contributed by atoms with Crippen molar-refractivity contribution in [1.82, 2.24) is 10.3 Å². The summed E-state index contributed by atoms with van der Waals surface area (Å²) in [5.74, 6) is 0. The number of nitrogens with zero attached hydrogens (tertiary/aromatic N) is 2. The average molecular weight is 189 g/mol. The van der Waals surface area contributed by atoms with Crippen LogP contribution >= 0.6 is 0 Å². The molecule has 0 aliphatic rings. The molecule has 74 valence electrons. The molecule has 1 rings (SSSR count). The van der Waals surface area contributed by atoms with E-state index >= 15 is 0 Å². The summed E-state index contributed by atoms with van der Waals surface area (Å²) in [5.41, 5.74) is 1.05. The molecule has 0 spiro atoms. The maximum absolute atomic E-state index is 8.36. The minimum Gasteiger partial charge on any atom is -0.309 e. The Morgan fingerprint density at radius 3 is 3.07 bits per heavy atom. The van der Waals surface area contributed by atoms with Crippen molar-refractivity contribution in [3.05, 3.63) is 30.1 Å². The number of nitrogens with one attached hydrogen (secondary N) is 1. The summed E-state index contributed by atoms with van der Waals surface area (Å²) in [5, 5.41) is 11.7. The first-order valence-electron chi connectivity index (χ1n) is 4.86. The van der Waals surface area contributed by atoms with Crippen molar-refractivity contribution in [1.29, 1.82) is 5.26 Å². The molecule has 0 aliphatic heterocycles. The van der Waals surface area contributed by atoms with Gasteiger partial charge in [-0.1, -0.05) is 6.07 Å². The Bertz CT molecular complexity index is 289. The van der Waals surface area contributed by atoms with E-state index in [4.69, 9.17) is 5.26 Å². The van der Waals surface area contributed by atoms with Gasteiger partial charge in [0.1, 0.15) is 0 Å². The largest absolute Gasteiger partial charge is 0.309 e. The van der Waals surface area contributed by atoms with E-state index in [0.29, 0.717) is 6.42 Å². The van der Waals surface area contributed by atoms with E-state index in [9.17, 15) is 0 Å². The maximum Gasteiger partial charge on any atom is 0.0622 e. The third-order valence-electron chi connectivity index (χ3n) is 2.05. The molecule has 0 saturated carbocycles. The fraction of sp³-hybridized carbons (Fsp3) is 0.455. The quantitative estimate of drug-likeness (QED) is 0.721. The van der Waals surface area contributed by atoms with Crippen molar-refractivity contribution >= 4 is 0 Å². The molecule has 14 heavy (non-hydrogen) atoms. The van der Waals surface area contributed by atoms with Gasteiger partial charge in [-0.15, -0.1) is 0 Å². The fourth-order valence-corrected chi connectivity index (χ4v) is 1.22. The third kappa shape index (κ3) is 3.55. The van der Waals surface area contributed by atoms with Crippen LogP contribution in [0.2, 0.25) is 0 Å². The molecule has 0 unspecified atom stereocenters. The maximum atomic E-state index is 8.36. The summed E-state index contributed by atoms with van der Waals surface area (Å²) in [4.78, 5) is 4.25. The first kappa shape index (κ1) is 10.7. The van der Waals surface area contributed by atoms with Gasteiger partial charge in [0.05, 0.1) is 11.8 Å². The Morgan fingerprint density at radius 1 is 1.57 bits per heavy atom. The van der Waals surface area contributed by atoms with Crippen LogP contribution in [0.5, 0.6) is 0 Å². The Labute approximate surface area is 84.8 Å². The SMILES string of the molecule is C[C@@H](NCCCC#N)c1ccccn1. The van der Waals surface area contributed by atoms with Gasteiger partial charge < -0.3 is 5.32 Å². The highest BCUT2D eigenvalue weighted by Gasteiger charge is 2.03. The number of unbranched alkanes of at least 4 members (excludes halogenated alkanes) is 1. The molecule has 0 saturated heterocycles. The van der Waals surface area contributed by atoms with Gasteiger partial charge in [0, 0.05) is 18.7 Å². The highest BCUT2D eigenvalue weighted by atomic mass is 14.9. The Balaban J connectivity index is 2.29. The van der Waals surface area contributed by atoms with Crippen molar-refractivity contribution in [3.63, 3.8) is 0 Å². The molecule has 3 heteroatoms. The van der Waals surface area contributed by atoms with Crippen LogP contribution in [0, 0.1) is 11.3 Å². The highest BCUT2D eigenvalue weighted by molar-refractivity contribution is 5.07. The summed E-state index contributed by atoms with van der Waals surface area (Å²) in [6, 6.07) is 8.28. The van der Waals surface area contributed by atoms with E-state index in [1.165, 1.54) is 0 Å². The Morgan fingerprint density at radius 2 is 2.43 bits per heavy atom. The Kier molecular flexibility index (Phi) is 4.66. The molecule has 1 aromatic rings. The number of hydrogen-bond donors (Lipinski definition) is 1. The number of nitriles is 1. The molecule has 0 amide bonds. The predicted octanol–water partition coefficient (Wildman–Crippen LogP) is 2.04. The third-order valence-corrected chi connectivity index (χ3v) is 2.05. The van der Waals surface area contributed by atoms with E-state index in [1.54, 1.807) is 6.20 Å². The van der Waals surface area contributed by atoms with Crippen LogP contribution in [0.1, 0.15) is 31.5 Å². The lowest BCUT2D eigenvalue weighted by atomic mass is 10.2. The lowest BCUT2D eigenvalue weighted by molar-refractivity contribution is 0.551. The monoisotopic (exact) mass is 189 g/mol. The zero-order valence-electron chi connectivity index (χ0n) is 8.40. The molecule has 0 bridgehead atoms. The normalized spacial score (nSPS) is 12.0. The second-order valence-corrected chi connectivity index (χ2v) is 3.19. The molecule has 0 fully saturated rings. The smallest absolute Gasteiger partial charge is 0.0622 e. The molecule has 1 atom stereocenters. The number of pyridine rings is 1. The van der Waals surface area contributed by atoms with E-state index in [-0.39, 0.29) is 6.04 Å². The number of hydrogen-bond acceptors (Lipinski definition) is 3. The zero-order valence-corrected chi connectivity index (χ0v) is 8.40. The van der Waals surface area contributed by atoms with Crippen molar-refractivity contribution in [2.45, 2.75) is 25.8 Å². The number of rotatable bonds is 5. The first-order valence-corrected chi connectivity index (χ1v) is 4.86. The van der Waals surface area contributed by atoms with Crippen molar-refractivity contribution < 1.29 is 0 Å². The standard InChI is InChI=1S/C11H15N3/c1-10(13-8-5-3-7-12)11-6-2-4-9-14-11/h2,4,6,9-10,13H,3,5,8H2,1H3/t10-/m1/s1. The lowest BCUT2D eigenvalue weighted by Gasteiger charge is -2.11.